The standard InChI is InChI=1S/C10H7N2.F6P/c11-12-10-7-3-5-8-4-1-2-6-9(8)10;1-7(2,3,4,5)6/h1-7H;/q+1;-1. The molecule has 0 aliphatic heterocycles. The summed E-state index contributed by atoms with van der Waals surface area (Å²) in [5.41, 5.74) is 0.619. The van der Waals surface area contributed by atoms with E-state index < -0.39 is 7.81 Å². The van der Waals surface area contributed by atoms with Crippen LogP contribution in [0.15, 0.2) is 42.5 Å². The Labute approximate surface area is 103 Å². The molecule has 0 atom stereocenters. The second-order valence-corrected chi connectivity index (χ2v) is 5.47. The molecule has 0 saturated carbocycles. The normalized spacial score (nSPS) is 14.6. The van der Waals surface area contributed by atoms with Gasteiger partial charge in [0.1, 0.15) is 0 Å². The van der Waals surface area contributed by atoms with Gasteiger partial charge < -0.3 is 0 Å². The molecule has 0 unspecified atom stereocenters. The van der Waals surface area contributed by atoms with E-state index in [0.717, 1.165) is 10.8 Å². The van der Waals surface area contributed by atoms with Crippen molar-refractivity contribution in [2.45, 2.75) is 0 Å². The summed E-state index contributed by atoms with van der Waals surface area (Å²) in [6.07, 6.45) is 0. The van der Waals surface area contributed by atoms with Crippen molar-refractivity contribution in [1.82, 2.24) is 0 Å². The zero-order valence-corrected chi connectivity index (χ0v) is 10.0. The molecule has 0 spiro atoms. The maximum absolute atomic E-state index is 10.7. The number of benzene rings is 2. The van der Waals surface area contributed by atoms with Crippen LogP contribution in [-0.2, 0) is 0 Å². The van der Waals surface area contributed by atoms with Crippen molar-refractivity contribution in [1.29, 1.82) is 5.39 Å². The summed E-state index contributed by atoms with van der Waals surface area (Å²) in [6, 6.07) is 13.5. The van der Waals surface area contributed by atoms with Crippen LogP contribution in [0.1, 0.15) is 0 Å². The Kier molecular flexibility index (Phi) is 3.25. The molecule has 0 radical (unpaired) electrons. The van der Waals surface area contributed by atoms with Gasteiger partial charge in [-0.05, 0) is 11.5 Å². The first-order chi connectivity index (χ1) is 8.36. The van der Waals surface area contributed by atoms with Gasteiger partial charge in [0.15, 0.2) is 4.98 Å². The van der Waals surface area contributed by atoms with Crippen molar-refractivity contribution in [2.24, 2.45) is 0 Å². The van der Waals surface area contributed by atoms with Gasteiger partial charge in [-0.25, -0.2) is 0 Å². The summed E-state index contributed by atoms with van der Waals surface area (Å²) < 4.78 is 59.2. The molecule has 19 heavy (non-hydrogen) atoms. The van der Waals surface area contributed by atoms with E-state index in [1.165, 1.54) is 0 Å². The Morgan fingerprint density at radius 1 is 0.789 bits per heavy atom. The summed E-state index contributed by atoms with van der Waals surface area (Å²) in [6.45, 7) is 0. The number of rotatable bonds is 0. The molecule has 2 rings (SSSR count). The summed E-state index contributed by atoms with van der Waals surface area (Å²) in [5, 5.41) is 10.7. The van der Waals surface area contributed by atoms with Crippen molar-refractivity contribution in [2.75, 3.05) is 0 Å². The van der Waals surface area contributed by atoms with Crippen LogP contribution < -0.4 is 0 Å². The molecule has 0 saturated heterocycles. The summed E-state index contributed by atoms with van der Waals surface area (Å²) in [5.74, 6) is 0. The molecular weight excluding hydrogens is 293 g/mol. The topological polar surface area (TPSA) is 28.1 Å². The van der Waals surface area contributed by atoms with Crippen LogP contribution in [0.25, 0.3) is 15.7 Å². The number of hydrogen-bond donors (Lipinski definition) is 0. The van der Waals surface area contributed by atoms with Crippen LogP contribution in [0.4, 0.5) is 30.9 Å². The second kappa shape index (κ2) is 4.07. The fourth-order valence-corrected chi connectivity index (χ4v) is 1.30. The molecule has 0 bridgehead atoms. The van der Waals surface area contributed by atoms with Crippen molar-refractivity contribution >= 4 is 24.3 Å². The van der Waals surface area contributed by atoms with Gasteiger partial charge in [0, 0.05) is 6.07 Å². The summed E-state index contributed by atoms with van der Waals surface area (Å²) in [7, 11) is -10.7. The molecule has 2 nitrogen and oxygen atoms in total. The van der Waals surface area contributed by atoms with Crippen LogP contribution in [-0.4, -0.2) is 0 Å². The number of diazo groups is 1. The fraction of sp³-hybridized carbons (Fsp3) is 0. The first-order valence-corrected chi connectivity index (χ1v) is 6.79. The van der Waals surface area contributed by atoms with Gasteiger partial charge in [-0.15, -0.1) is 0 Å². The number of halogens is 6. The first kappa shape index (κ1) is 15.2. The maximum Gasteiger partial charge on any atom is 0.392 e. The minimum Gasteiger partial charge on any atom is -0.0616 e. The van der Waals surface area contributed by atoms with Gasteiger partial charge in [0.2, 0.25) is 5.39 Å². The van der Waals surface area contributed by atoms with E-state index >= 15 is 0 Å². The van der Waals surface area contributed by atoms with Gasteiger partial charge in [-0.3, -0.25) is 0 Å². The minimum atomic E-state index is -10.7. The third kappa shape index (κ3) is 7.21. The number of nitrogens with zero attached hydrogens (tertiary/aromatic N) is 2. The van der Waals surface area contributed by atoms with E-state index in [1.54, 1.807) is 6.07 Å². The molecule has 0 aliphatic rings. The Balaban J connectivity index is 0.000000224. The maximum atomic E-state index is 9.87. The van der Waals surface area contributed by atoms with Crippen LogP contribution in [0.3, 0.4) is 0 Å². The predicted molar refractivity (Wildman–Crippen MR) is 62.3 cm³/mol. The smallest absolute Gasteiger partial charge is 0.0616 e. The Morgan fingerprint density at radius 3 is 1.79 bits per heavy atom. The van der Waals surface area contributed by atoms with Crippen LogP contribution in [0, 0.1) is 5.39 Å². The third-order valence-electron chi connectivity index (χ3n) is 1.87. The molecule has 104 valence electrons. The summed E-state index contributed by atoms with van der Waals surface area (Å²) >= 11 is 0. The first-order valence-electron chi connectivity index (χ1n) is 4.76. The van der Waals surface area contributed by atoms with E-state index in [-0.39, 0.29) is 0 Å². The van der Waals surface area contributed by atoms with E-state index in [1.807, 2.05) is 36.4 Å². The molecule has 0 heterocycles. The van der Waals surface area contributed by atoms with Crippen molar-refractivity contribution < 1.29 is 25.2 Å². The molecule has 2 aromatic rings. The van der Waals surface area contributed by atoms with Crippen molar-refractivity contribution in [3.63, 3.8) is 0 Å². The second-order valence-electron chi connectivity index (χ2n) is 3.56. The molecule has 0 fully saturated rings. The zero-order valence-electron chi connectivity index (χ0n) is 9.15. The fourth-order valence-electron chi connectivity index (χ4n) is 1.30. The molecule has 2 aromatic carbocycles. The van der Waals surface area contributed by atoms with E-state index in [2.05, 4.69) is 4.98 Å². The Bertz CT molecular complexity index is 627. The quantitative estimate of drug-likeness (QED) is 0.302. The SMILES string of the molecule is F[P-](F)(F)(F)(F)F.N#[N+]c1cccc2ccccc12. The zero-order chi connectivity index (χ0) is 14.8. The third-order valence-corrected chi connectivity index (χ3v) is 1.87. The van der Waals surface area contributed by atoms with Gasteiger partial charge in [0.05, 0.1) is 5.39 Å². The van der Waals surface area contributed by atoms with E-state index in [4.69, 9.17) is 5.39 Å². The largest absolute Gasteiger partial charge is 0.392 e. The van der Waals surface area contributed by atoms with E-state index in [9.17, 15) is 25.2 Å². The van der Waals surface area contributed by atoms with Gasteiger partial charge in [0.25, 0.3) is 0 Å². The predicted octanol–water partition coefficient (Wildman–Crippen LogP) is 6.71. The van der Waals surface area contributed by atoms with Crippen molar-refractivity contribution in [3.05, 3.63) is 47.4 Å². The minimum absolute atomic E-state index is 0.619. The average Bonchev–Trinajstić information content (AvgIpc) is 2.24. The average molecular weight is 300 g/mol. The molecular formula is C10H7F6N2P. The molecule has 0 amide bonds. The monoisotopic (exact) mass is 300 g/mol. The van der Waals surface area contributed by atoms with Crippen LogP contribution in [0.2, 0.25) is 0 Å². The molecule has 9 heteroatoms. The van der Waals surface area contributed by atoms with Crippen molar-refractivity contribution in [3.8, 4) is 0 Å². The van der Waals surface area contributed by atoms with Crippen LogP contribution >= 0.6 is 7.81 Å². The van der Waals surface area contributed by atoms with Crippen LogP contribution in [0.5, 0.6) is 0 Å². The Morgan fingerprint density at radius 2 is 1.26 bits per heavy atom. The van der Waals surface area contributed by atoms with Gasteiger partial charge in [-0.2, -0.15) is 0 Å². The van der Waals surface area contributed by atoms with Gasteiger partial charge >= 0.3 is 38.7 Å². The Hall–Kier alpha value is -1.87. The summed E-state index contributed by atoms with van der Waals surface area (Å²) in [4.78, 5) is 3.20. The number of fused-ring (bicyclic) bond motifs is 1. The molecule has 0 aromatic heterocycles. The molecule has 0 N–H and O–H groups in total. The number of hydrogen-bond acceptors (Lipinski definition) is 1. The van der Waals surface area contributed by atoms with E-state index in [0.29, 0.717) is 5.69 Å². The molecule has 0 aliphatic carbocycles. The van der Waals surface area contributed by atoms with Gasteiger partial charge in [-0.1, -0.05) is 30.3 Å².